The Morgan fingerprint density at radius 2 is 2.29 bits per heavy atom. The largest absolute Gasteiger partial charge is 0.494 e. The van der Waals surface area contributed by atoms with Gasteiger partial charge in [0, 0.05) is 35.8 Å². The van der Waals surface area contributed by atoms with Crippen LogP contribution in [0.25, 0.3) is 0 Å². The van der Waals surface area contributed by atoms with Crippen LogP contribution in [0.5, 0.6) is 5.75 Å². The van der Waals surface area contributed by atoms with Crippen LogP contribution in [0.15, 0.2) is 36.7 Å². The van der Waals surface area contributed by atoms with Gasteiger partial charge in [0.1, 0.15) is 5.75 Å². The van der Waals surface area contributed by atoms with Crippen LogP contribution < -0.4 is 15.8 Å². The molecule has 6 nitrogen and oxygen atoms in total. The van der Waals surface area contributed by atoms with E-state index in [4.69, 9.17) is 10.5 Å². The summed E-state index contributed by atoms with van der Waals surface area (Å²) in [6.07, 6.45) is 3.57. The number of carbonyl (C=O) groups is 1. The first-order valence-corrected chi connectivity index (χ1v) is 6.90. The highest BCUT2D eigenvalue weighted by Gasteiger charge is 2.12. The Kier molecular flexibility index (Phi) is 4.81. The molecule has 21 heavy (non-hydrogen) atoms. The van der Waals surface area contributed by atoms with Crippen LogP contribution in [0, 0.1) is 0 Å². The average Bonchev–Trinajstić information content (AvgIpc) is 2.91. The van der Waals surface area contributed by atoms with Crippen LogP contribution in [-0.4, -0.2) is 28.3 Å². The fourth-order valence-corrected chi connectivity index (χ4v) is 2.04. The number of rotatable bonds is 6. The van der Waals surface area contributed by atoms with Gasteiger partial charge in [-0.25, -0.2) is 0 Å². The van der Waals surface area contributed by atoms with Gasteiger partial charge in [-0.05, 0) is 32.0 Å². The number of amides is 1. The molecule has 0 saturated heterocycles. The van der Waals surface area contributed by atoms with Crippen molar-refractivity contribution in [3.05, 3.63) is 42.2 Å². The molecule has 1 heterocycles. The Bertz CT molecular complexity index is 596. The molecule has 1 unspecified atom stereocenters. The third-order valence-corrected chi connectivity index (χ3v) is 2.90. The first-order valence-electron chi connectivity index (χ1n) is 6.90. The van der Waals surface area contributed by atoms with Crippen molar-refractivity contribution < 1.29 is 9.53 Å². The molecule has 6 heteroatoms. The number of aromatic nitrogens is 2. The molecule has 2 rings (SSSR count). The fourth-order valence-electron chi connectivity index (χ4n) is 2.04. The lowest BCUT2D eigenvalue weighted by atomic mass is 10.1. The van der Waals surface area contributed by atoms with Crippen molar-refractivity contribution in [1.29, 1.82) is 0 Å². The van der Waals surface area contributed by atoms with Crippen molar-refractivity contribution in [2.45, 2.75) is 26.4 Å². The molecule has 2 aromatic rings. The zero-order valence-electron chi connectivity index (χ0n) is 12.2. The topological polar surface area (TPSA) is 82.2 Å². The number of ether oxygens (including phenoxy) is 1. The number of nitrogens with one attached hydrogen (secondary N) is 1. The van der Waals surface area contributed by atoms with Gasteiger partial charge in [-0.3, -0.25) is 9.48 Å². The van der Waals surface area contributed by atoms with Crippen LogP contribution in [0.2, 0.25) is 0 Å². The number of nitrogens with two attached hydrogens (primary N) is 1. The molecule has 0 radical (unpaired) electrons. The van der Waals surface area contributed by atoms with Gasteiger partial charge in [-0.2, -0.15) is 5.10 Å². The number of anilines is 1. The maximum Gasteiger partial charge on any atom is 0.251 e. The van der Waals surface area contributed by atoms with E-state index in [1.165, 1.54) is 0 Å². The van der Waals surface area contributed by atoms with Crippen LogP contribution in [0.1, 0.15) is 24.2 Å². The minimum Gasteiger partial charge on any atom is -0.494 e. The molecule has 0 aliphatic rings. The molecular weight excluding hydrogens is 268 g/mol. The summed E-state index contributed by atoms with van der Waals surface area (Å²) in [5.41, 5.74) is 6.79. The second-order valence-electron chi connectivity index (χ2n) is 4.83. The van der Waals surface area contributed by atoms with Crippen molar-refractivity contribution in [2.75, 3.05) is 12.3 Å². The lowest BCUT2D eigenvalue weighted by Gasteiger charge is -2.15. The van der Waals surface area contributed by atoms with E-state index in [1.54, 1.807) is 29.1 Å². The van der Waals surface area contributed by atoms with Gasteiger partial charge in [0.05, 0.1) is 13.2 Å². The Morgan fingerprint density at radius 1 is 1.48 bits per heavy atom. The zero-order chi connectivity index (χ0) is 15.2. The summed E-state index contributed by atoms with van der Waals surface area (Å²) in [6, 6.07) is 6.83. The normalized spacial score (nSPS) is 11.9. The summed E-state index contributed by atoms with van der Waals surface area (Å²) in [4.78, 5) is 12.2. The summed E-state index contributed by atoms with van der Waals surface area (Å²) < 4.78 is 7.17. The molecule has 112 valence electrons. The molecule has 1 amide bonds. The first kappa shape index (κ1) is 14.9. The summed E-state index contributed by atoms with van der Waals surface area (Å²) in [5, 5.41) is 7.03. The van der Waals surface area contributed by atoms with Gasteiger partial charge in [0.25, 0.3) is 5.91 Å². The van der Waals surface area contributed by atoms with Gasteiger partial charge in [0.15, 0.2) is 0 Å². The standard InChI is InChI=1S/C15H20N4O2/c1-3-21-14-8-12(7-13(16)9-14)15(20)18-11(2)10-19-6-4-5-17-19/h4-9,11H,3,10,16H2,1-2H3,(H,18,20). The Hall–Kier alpha value is -2.50. The highest BCUT2D eigenvalue weighted by molar-refractivity contribution is 5.95. The predicted molar refractivity (Wildman–Crippen MR) is 81.2 cm³/mol. The maximum absolute atomic E-state index is 12.2. The Balaban J connectivity index is 2.02. The van der Waals surface area contributed by atoms with Crippen molar-refractivity contribution in [1.82, 2.24) is 15.1 Å². The zero-order valence-corrected chi connectivity index (χ0v) is 12.2. The molecule has 1 aromatic carbocycles. The number of nitrogens with zero attached hydrogens (tertiary/aromatic N) is 2. The van der Waals surface area contributed by atoms with Crippen molar-refractivity contribution >= 4 is 11.6 Å². The molecule has 0 fully saturated rings. The molecule has 0 bridgehead atoms. The van der Waals surface area contributed by atoms with Gasteiger partial charge in [0.2, 0.25) is 0 Å². The van der Waals surface area contributed by atoms with Crippen LogP contribution in [-0.2, 0) is 6.54 Å². The van der Waals surface area contributed by atoms with E-state index in [0.29, 0.717) is 30.2 Å². The lowest BCUT2D eigenvalue weighted by Crippen LogP contribution is -2.35. The molecule has 0 saturated carbocycles. The fraction of sp³-hybridized carbons (Fsp3) is 0.333. The Morgan fingerprint density at radius 3 is 2.95 bits per heavy atom. The molecule has 1 atom stereocenters. The molecule has 0 aliphatic carbocycles. The second kappa shape index (κ2) is 6.78. The summed E-state index contributed by atoms with van der Waals surface area (Å²) >= 11 is 0. The molecular formula is C15H20N4O2. The third kappa shape index (κ3) is 4.24. The van der Waals surface area contributed by atoms with Crippen molar-refractivity contribution in [2.24, 2.45) is 0 Å². The van der Waals surface area contributed by atoms with Gasteiger partial charge in [-0.15, -0.1) is 0 Å². The van der Waals surface area contributed by atoms with E-state index in [9.17, 15) is 4.79 Å². The summed E-state index contributed by atoms with van der Waals surface area (Å²) in [6.45, 7) is 4.95. The van der Waals surface area contributed by atoms with Gasteiger partial charge < -0.3 is 15.8 Å². The van der Waals surface area contributed by atoms with Crippen LogP contribution in [0.3, 0.4) is 0 Å². The number of carbonyl (C=O) groups excluding carboxylic acids is 1. The van der Waals surface area contributed by atoms with E-state index < -0.39 is 0 Å². The molecule has 0 aliphatic heterocycles. The predicted octanol–water partition coefficient (Wildman–Crippen LogP) is 1.68. The minimum absolute atomic E-state index is 0.0469. The summed E-state index contributed by atoms with van der Waals surface area (Å²) in [5.74, 6) is 0.422. The van der Waals surface area contributed by atoms with Gasteiger partial charge in [-0.1, -0.05) is 0 Å². The third-order valence-electron chi connectivity index (χ3n) is 2.90. The maximum atomic E-state index is 12.2. The average molecular weight is 288 g/mol. The van der Waals surface area contributed by atoms with E-state index in [1.807, 2.05) is 26.1 Å². The Labute approximate surface area is 123 Å². The number of benzene rings is 1. The molecule has 3 N–H and O–H groups in total. The van der Waals surface area contributed by atoms with Crippen molar-refractivity contribution in [3.8, 4) is 5.75 Å². The quantitative estimate of drug-likeness (QED) is 0.792. The van der Waals surface area contributed by atoms with Crippen molar-refractivity contribution in [3.63, 3.8) is 0 Å². The van der Waals surface area contributed by atoms with Crippen LogP contribution >= 0.6 is 0 Å². The smallest absolute Gasteiger partial charge is 0.251 e. The van der Waals surface area contributed by atoms with E-state index in [0.717, 1.165) is 0 Å². The van der Waals surface area contributed by atoms with E-state index in [-0.39, 0.29) is 11.9 Å². The first-order chi connectivity index (χ1) is 10.1. The highest BCUT2D eigenvalue weighted by atomic mass is 16.5. The van der Waals surface area contributed by atoms with E-state index in [2.05, 4.69) is 10.4 Å². The number of nitrogen functional groups attached to an aromatic ring is 1. The number of hydrogen-bond acceptors (Lipinski definition) is 4. The monoisotopic (exact) mass is 288 g/mol. The number of hydrogen-bond donors (Lipinski definition) is 2. The second-order valence-corrected chi connectivity index (χ2v) is 4.83. The SMILES string of the molecule is CCOc1cc(N)cc(C(=O)NC(C)Cn2cccn2)c1. The lowest BCUT2D eigenvalue weighted by molar-refractivity contribution is 0.0935. The van der Waals surface area contributed by atoms with E-state index >= 15 is 0 Å². The van der Waals surface area contributed by atoms with Gasteiger partial charge >= 0.3 is 0 Å². The molecule has 0 spiro atoms. The molecule has 1 aromatic heterocycles. The van der Waals surface area contributed by atoms with Crippen LogP contribution in [0.4, 0.5) is 5.69 Å². The summed E-state index contributed by atoms with van der Waals surface area (Å²) in [7, 11) is 0. The minimum atomic E-state index is -0.178. The highest BCUT2D eigenvalue weighted by Crippen LogP contribution is 2.19.